The quantitative estimate of drug-likeness (QED) is 0.554. The Labute approximate surface area is 77.9 Å². The van der Waals surface area contributed by atoms with Gasteiger partial charge in [0.25, 0.3) is 0 Å². The molecule has 0 saturated carbocycles. The molecule has 0 bridgehead atoms. The van der Waals surface area contributed by atoms with Crippen molar-refractivity contribution in [3.63, 3.8) is 0 Å². The highest BCUT2D eigenvalue weighted by Crippen LogP contribution is 1.97. The Kier molecular flexibility index (Phi) is 3.37. The molecule has 2 N–H and O–H groups in total. The molecular formula is C9H14N4. The molecule has 0 spiro atoms. The van der Waals surface area contributed by atoms with Crippen LogP contribution in [-0.2, 0) is 6.54 Å². The molecule has 0 unspecified atom stereocenters. The van der Waals surface area contributed by atoms with E-state index in [4.69, 9.17) is 5.73 Å². The van der Waals surface area contributed by atoms with E-state index in [1.165, 1.54) is 0 Å². The predicted octanol–water partition coefficient (Wildman–Crippen LogP) is 0.990. The van der Waals surface area contributed by atoms with Crippen molar-refractivity contribution in [3.05, 3.63) is 24.0 Å². The molecule has 1 aromatic rings. The van der Waals surface area contributed by atoms with Crippen LogP contribution in [0, 0.1) is 5.92 Å². The van der Waals surface area contributed by atoms with Crippen molar-refractivity contribution in [1.82, 2.24) is 10.2 Å². The van der Waals surface area contributed by atoms with Crippen LogP contribution in [0.25, 0.3) is 0 Å². The SMILES string of the molecule is CC(C)C(N)=NCc1cccnn1. The molecule has 0 radical (unpaired) electrons. The van der Waals surface area contributed by atoms with Gasteiger partial charge in [0.15, 0.2) is 0 Å². The van der Waals surface area contributed by atoms with E-state index in [2.05, 4.69) is 15.2 Å². The first-order valence-electron chi connectivity index (χ1n) is 4.26. The van der Waals surface area contributed by atoms with Gasteiger partial charge in [0.05, 0.1) is 18.1 Å². The van der Waals surface area contributed by atoms with Crippen LogP contribution in [-0.4, -0.2) is 16.0 Å². The largest absolute Gasteiger partial charge is 0.387 e. The molecule has 4 nitrogen and oxygen atoms in total. The first-order chi connectivity index (χ1) is 6.20. The van der Waals surface area contributed by atoms with Gasteiger partial charge < -0.3 is 5.73 Å². The summed E-state index contributed by atoms with van der Waals surface area (Å²) >= 11 is 0. The van der Waals surface area contributed by atoms with Crippen molar-refractivity contribution in [2.75, 3.05) is 0 Å². The summed E-state index contributed by atoms with van der Waals surface area (Å²) in [6, 6.07) is 3.72. The zero-order chi connectivity index (χ0) is 9.68. The summed E-state index contributed by atoms with van der Waals surface area (Å²) in [4.78, 5) is 4.19. The average molecular weight is 178 g/mol. The normalized spacial score (nSPS) is 12.1. The van der Waals surface area contributed by atoms with Gasteiger partial charge in [-0.1, -0.05) is 13.8 Å². The fourth-order valence-corrected chi connectivity index (χ4v) is 0.773. The van der Waals surface area contributed by atoms with Crippen LogP contribution in [0.4, 0.5) is 0 Å². The molecule has 70 valence electrons. The van der Waals surface area contributed by atoms with E-state index in [9.17, 15) is 0 Å². The Hall–Kier alpha value is -1.45. The first kappa shape index (κ1) is 9.64. The second-order valence-electron chi connectivity index (χ2n) is 3.11. The van der Waals surface area contributed by atoms with Gasteiger partial charge in [0.1, 0.15) is 0 Å². The van der Waals surface area contributed by atoms with E-state index in [1.54, 1.807) is 6.20 Å². The third-order valence-corrected chi connectivity index (χ3v) is 1.64. The monoisotopic (exact) mass is 178 g/mol. The lowest BCUT2D eigenvalue weighted by atomic mass is 10.2. The number of aromatic nitrogens is 2. The molecule has 0 fully saturated rings. The molecule has 1 aromatic heterocycles. The van der Waals surface area contributed by atoms with Crippen molar-refractivity contribution in [1.29, 1.82) is 0 Å². The molecule has 1 rings (SSSR count). The highest BCUT2D eigenvalue weighted by atomic mass is 15.1. The number of nitrogens with two attached hydrogens (primary N) is 1. The van der Waals surface area contributed by atoms with E-state index >= 15 is 0 Å². The molecule has 0 aliphatic heterocycles. The van der Waals surface area contributed by atoms with Crippen molar-refractivity contribution < 1.29 is 0 Å². The third-order valence-electron chi connectivity index (χ3n) is 1.64. The van der Waals surface area contributed by atoms with Crippen molar-refractivity contribution in [2.45, 2.75) is 20.4 Å². The Morgan fingerprint density at radius 3 is 2.92 bits per heavy atom. The molecule has 4 heteroatoms. The number of hydrogen-bond donors (Lipinski definition) is 1. The van der Waals surface area contributed by atoms with Crippen molar-refractivity contribution >= 4 is 5.84 Å². The Morgan fingerprint density at radius 2 is 2.38 bits per heavy atom. The van der Waals surface area contributed by atoms with Crippen LogP contribution in [0.3, 0.4) is 0 Å². The summed E-state index contributed by atoms with van der Waals surface area (Å²) in [5, 5.41) is 7.64. The van der Waals surface area contributed by atoms with Crippen LogP contribution in [0.15, 0.2) is 23.3 Å². The zero-order valence-corrected chi connectivity index (χ0v) is 7.94. The maximum absolute atomic E-state index is 5.67. The topological polar surface area (TPSA) is 64.2 Å². The van der Waals surface area contributed by atoms with Gasteiger partial charge >= 0.3 is 0 Å². The van der Waals surface area contributed by atoms with Gasteiger partial charge in [-0.2, -0.15) is 10.2 Å². The molecule has 0 atom stereocenters. The predicted molar refractivity (Wildman–Crippen MR) is 52.2 cm³/mol. The first-order valence-corrected chi connectivity index (χ1v) is 4.26. The van der Waals surface area contributed by atoms with Crippen LogP contribution < -0.4 is 5.73 Å². The fourth-order valence-electron chi connectivity index (χ4n) is 0.773. The molecule has 1 heterocycles. The molecular weight excluding hydrogens is 164 g/mol. The van der Waals surface area contributed by atoms with E-state index < -0.39 is 0 Å². The minimum Gasteiger partial charge on any atom is -0.387 e. The van der Waals surface area contributed by atoms with Crippen LogP contribution in [0.2, 0.25) is 0 Å². The maximum Gasteiger partial charge on any atom is 0.0967 e. The molecule has 0 amide bonds. The molecule has 0 saturated heterocycles. The number of hydrogen-bond acceptors (Lipinski definition) is 3. The number of aliphatic imine (C=N–C) groups is 1. The van der Waals surface area contributed by atoms with E-state index in [0.717, 1.165) is 5.69 Å². The number of amidine groups is 1. The highest BCUT2D eigenvalue weighted by Gasteiger charge is 1.98. The summed E-state index contributed by atoms with van der Waals surface area (Å²) < 4.78 is 0. The standard InChI is InChI=1S/C9H14N4/c1-7(2)9(10)11-6-8-4-3-5-12-13-8/h3-5,7H,6H2,1-2H3,(H2,10,11). The fraction of sp³-hybridized carbons (Fsp3) is 0.444. The minimum atomic E-state index is 0.289. The van der Waals surface area contributed by atoms with Gasteiger partial charge in [-0.15, -0.1) is 0 Å². The van der Waals surface area contributed by atoms with Gasteiger partial charge in [-0.3, -0.25) is 4.99 Å². The molecule has 0 aliphatic carbocycles. The van der Waals surface area contributed by atoms with Crippen molar-refractivity contribution in [3.8, 4) is 0 Å². The van der Waals surface area contributed by atoms with Crippen LogP contribution in [0.1, 0.15) is 19.5 Å². The van der Waals surface area contributed by atoms with Gasteiger partial charge in [0.2, 0.25) is 0 Å². The second kappa shape index (κ2) is 4.54. The number of rotatable bonds is 3. The Bertz CT molecular complexity index is 279. The lowest BCUT2D eigenvalue weighted by Crippen LogP contribution is -2.18. The van der Waals surface area contributed by atoms with Crippen LogP contribution >= 0.6 is 0 Å². The van der Waals surface area contributed by atoms with E-state index in [1.807, 2.05) is 26.0 Å². The second-order valence-corrected chi connectivity index (χ2v) is 3.11. The maximum atomic E-state index is 5.67. The summed E-state index contributed by atoms with van der Waals surface area (Å²) in [5.41, 5.74) is 6.51. The summed E-state index contributed by atoms with van der Waals surface area (Å²) in [6.45, 7) is 4.53. The Balaban J connectivity index is 2.57. The zero-order valence-electron chi connectivity index (χ0n) is 7.94. The minimum absolute atomic E-state index is 0.289. The van der Waals surface area contributed by atoms with E-state index in [0.29, 0.717) is 12.4 Å². The Morgan fingerprint density at radius 1 is 1.62 bits per heavy atom. The van der Waals surface area contributed by atoms with Gasteiger partial charge in [-0.25, -0.2) is 0 Å². The average Bonchev–Trinajstić information content (AvgIpc) is 2.15. The molecule has 0 aliphatic rings. The van der Waals surface area contributed by atoms with Gasteiger partial charge in [-0.05, 0) is 12.1 Å². The molecule has 0 aromatic carbocycles. The van der Waals surface area contributed by atoms with Crippen molar-refractivity contribution in [2.24, 2.45) is 16.6 Å². The van der Waals surface area contributed by atoms with Gasteiger partial charge in [0, 0.05) is 12.1 Å². The smallest absolute Gasteiger partial charge is 0.0967 e. The van der Waals surface area contributed by atoms with Crippen LogP contribution in [0.5, 0.6) is 0 Å². The summed E-state index contributed by atoms with van der Waals surface area (Å²) in [5.74, 6) is 0.947. The lowest BCUT2D eigenvalue weighted by molar-refractivity contribution is 0.837. The third kappa shape index (κ3) is 3.19. The summed E-state index contributed by atoms with van der Waals surface area (Å²) in [7, 11) is 0. The highest BCUT2D eigenvalue weighted by molar-refractivity contribution is 5.82. The molecule has 13 heavy (non-hydrogen) atoms. The lowest BCUT2D eigenvalue weighted by Gasteiger charge is -2.02. The number of nitrogens with zero attached hydrogens (tertiary/aromatic N) is 3. The summed E-state index contributed by atoms with van der Waals surface area (Å²) in [6.07, 6.45) is 1.64. The van der Waals surface area contributed by atoms with E-state index in [-0.39, 0.29) is 5.92 Å².